The van der Waals surface area contributed by atoms with Gasteiger partial charge in [0.1, 0.15) is 0 Å². The molecule has 0 saturated carbocycles. The van der Waals surface area contributed by atoms with Gasteiger partial charge in [-0.05, 0) is 0 Å². The molecule has 0 aliphatic carbocycles. The molecule has 0 rings (SSSR count). The van der Waals surface area contributed by atoms with E-state index in [1.54, 1.807) is 0 Å². The molecular formula is C4H9S2Zn. The van der Waals surface area contributed by atoms with Gasteiger partial charge in [-0.15, -0.1) is 0 Å². The van der Waals surface area contributed by atoms with Gasteiger partial charge in [0.15, 0.2) is 0 Å². The van der Waals surface area contributed by atoms with Gasteiger partial charge in [0.2, 0.25) is 0 Å². The van der Waals surface area contributed by atoms with Gasteiger partial charge in [0, 0.05) is 0 Å². The summed E-state index contributed by atoms with van der Waals surface area (Å²) in [7, 11) is 3.96. The van der Waals surface area contributed by atoms with Crippen LogP contribution < -0.4 is 0 Å². The van der Waals surface area contributed by atoms with E-state index in [1.807, 2.05) is 19.6 Å². The third-order valence-electron chi connectivity index (χ3n) is 0.485. The molecule has 0 radical (unpaired) electrons. The van der Waals surface area contributed by atoms with Gasteiger partial charge in [-0.25, -0.2) is 0 Å². The van der Waals surface area contributed by atoms with Crippen LogP contribution in [0.2, 0.25) is 0 Å². The van der Waals surface area contributed by atoms with Crippen molar-refractivity contribution in [1.29, 1.82) is 0 Å². The molecule has 0 saturated heterocycles. The predicted molar refractivity (Wildman–Crippen MR) is 34.9 cm³/mol. The fourth-order valence-corrected chi connectivity index (χ4v) is 3.47. The van der Waals surface area contributed by atoms with Crippen LogP contribution in [-0.2, 0) is 17.1 Å². The van der Waals surface area contributed by atoms with Gasteiger partial charge in [0.25, 0.3) is 0 Å². The van der Waals surface area contributed by atoms with Crippen LogP contribution in [0.15, 0.2) is 0 Å². The SMILES string of the molecule is CC(C)CS[S][Zn]. The molecule has 0 aliphatic heterocycles. The molecule has 7 heavy (non-hydrogen) atoms. The van der Waals surface area contributed by atoms with Crippen molar-refractivity contribution in [3.05, 3.63) is 0 Å². The summed E-state index contributed by atoms with van der Waals surface area (Å²) in [4.78, 5) is 0. The van der Waals surface area contributed by atoms with Crippen LogP contribution in [0.3, 0.4) is 0 Å². The Hall–Kier alpha value is 1.32. The minimum absolute atomic E-state index is 0.865. The van der Waals surface area contributed by atoms with Crippen molar-refractivity contribution in [1.82, 2.24) is 0 Å². The van der Waals surface area contributed by atoms with Gasteiger partial charge in [-0.3, -0.25) is 0 Å². The van der Waals surface area contributed by atoms with Gasteiger partial charge in [0.05, 0.1) is 0 Å². The first-order valence-corrected chi connectivity index (χ1v) is 8.43. The number of hydrogen-bond donors (Lipinski definition) is 0. The zero-order chi connectivity index (χ0) is 5.70. The van der Waals surface area contributed by atoms with E-state index in [9.17, 15) is 0 Å². The Labute approximate surface area is 62.1 Å². The standard InChI is InChI=1S/C4H10S2.Zn/c1-4(2)3-6-5;/h4-5H,3H2,1-2H3;/q;+1/p-1. The van der Waals surface area contributed by atoms with Crippen molar-refractivity contribution >= 4 is 19.6 Å². The zero-order valence-corrected chi connectivity index (χ0v) is 9.41. The summed E-state index contributed by atoms with van der Waals surface area (Å²) in [5, 5.41) is 0. The van der Waals surface area contributed by atoms with E-state index in [-0.39, 0.29) is 0 Å². The van der Waals surface area contributed by atoms with Gasteiger partial charge in [-0.1, -0.05) is 0 Å². The second kappa shape index (κ2) is 5.46. The summed E-state index contributed by atoms with van der Waals surface area (Å²) in [5.41, 5.74) is 0. The summed E-state index contributed by atoms with van der Waals surface area (Å²) in [6.45, 7) is 4.51. The van der Waals surface area contributed by atoms with Crippen molar-refractivity contribution < 1.29 is 17.1 Å². The number of rotatable bonds is 3. The van der Waals surface area contributed by atoms with E-state index in [0.717, 1.165) is 5.92 Å². The molecule has 0 atom stereocenters. The van der Waals surface area contributed by atoms with E-state index < -0.39 is 0 Å². The molecule has 39 valence electrons. The Kier molecular flexibility index (Phi) is 6.49. The Morgan fingerprint density at radius 1 is 1.57 bits per heavy atom. The molecule has 0 amide bonds. The minimum atomic E-state index is 0.865. The number of hydrogen-bond acceptors (Lipinski definition) is 2. The van der Waals surface area contributed by atoms with Crippen molar-refractivity contribution in [2.24, 2.45) is 5.92 Å². The molecule has 0 aromatic carbocycles. The summed E-state index contributed by atoms with van der Waals surface area (Å²) in [5.74, 6) is 2.18. The van der Waals surface area contributed by atoms with Gasteiger partial charge in [-0.2, -0.15) is 0 Å². The van der Waals surface area contributed by atoms with Crippen molar-refractivity contribution in [3.8, 4) is 0 Å². The molecule has 0 fully saturated rings. The second-order valence-electron chi connectivity index (χ2n) is 1.80. The second-order valence-corrected chi connectivity index (χ2v) is 8.47. The molecular weight excluding hydrogens is 178 g/mol. The van der Waals surface area contributed by atoms with E-state index in [0.29, 0.717) is 0 Å². The van der Waals surface area contributed by atoms with E-state index in [2.05, 4.69) is 13.8 Å². The van der Waals surface area contributed by atoms with E-state index in [1.165, 1.54) is 22.8 Å². The monoisotopic (exact) mass is 185 g/mol. The van der Waals surface area contributed by atoms with Crippen molar-refractivity contribution in [2.45, 2.75) is 13.8 Å². The molecule has 0 bridgehead atoms. The topological polar surface area (TPSA) is 0 Å². The Morgan fingerprint density at radius 3 is 2.29 bits per heavy atom. The quantitative estimate of drug-likeness (QED) is 0.491. The Balaban J connectivity index is 2.68. The molecule has 0 aromatic rings. The molecule has 0 heterocycles. The van der Waals surface area contributed by atoms with Crippen LogP contribution in [0.4, 0.5) is 0 Å². The van der Waals surface area contributed by atoms with E-state index >= 15 is 0 Å². The van der Waals surface area contributed by atoms with Crippen LogP contribution in [-0.4, -0.2) is 5.75 Å². The first kappa shape index (κ1) is 8.32. The average Bonchev–Trinajstić information content (AvgIpc) is 1.61. The molecule has 0 nitrogen and oxygen atoms in total. The summed E-state index contributed by atoms with van der Waals surface area (Å²) >= 11 is 1.36. The van der Waals surface area contributed by atoms with Crippen molar-refractivity contribution in [3.63, 3.8) is 0 Å². The predicted octanol–water partition coefficient (Wildman–Crippen LogP) is 2.49. The van der Waals surface area contributed by atoms with Crippen LogP contribution in [0.5, 0.6) is 0 Å². The molecule has 0 aromatic heterocycles. The van der Waals surface area contributed by atoms with Crippen LogP contribution in [0.1, 0.15) is 13.8 Å². The molecule has 0 spiro atoms. The molecule has 0 aliphatic rings. The first-order chi connectivity index (χ1) is 3.27. The van der Waals surface area contributed by atoms with Crippen molar-refractivity contribution in [2.75, 3.05) is 5.75 Å². The summed E-state index contributed by atoms with van der Waals surface area (Å²) < 4.78 is 0. The maximum absolute atomic E-state index is 2.25. The van der Waals surface area contributed by atoms with Crippen LogP contribution >= 0.6 is 19.6 Å². The summed E-state index contributed by atoms with van der Waals surface area (Å²) in [6, 6.07) is 0. The van der Waals surface area contributed by atoms with E-state index in [4.69, 9.17) is 0 Å². The fraction of sp³-hybridized carbons (Fsp3) is 1.00. The normalized spacial score (nSPS) is 10.4. The molecule has 0 N–H and O–H groups in total. The zero-order valence-electron chi connectivity index (χ0n) is 4.81. The first-order valence-electron chi connectivity index (χ1n) is 2.31. The van der Waals surface area contributed by atoms with Crippen LogP contribution in [0.25, 0.3) is 0 Å². The van der Waals surface area contributed by atoms with Gasteiger partial charge >= 0.3 is 62.2 Å². The third-order valence-corrected chi connectivity index (χ3v) is 5.51. The Morgan fingerprint density at radius 2 is 2.14 bits per heavy atom. The third kappa shape index (κ3) is 7.32. The van der Waals surface area contributed by atoms with Gasteiger partial charge < -0.3 is 0 Å². The Bertz CT molecular complexity index is 38.7. The van der Waals surface area contributed by atoms with Crippen LogP contribution in [0, 0.1) is 5.92 Å². The molecule has 0 unspecified atom stereocenters. The molecule has 3 heteroatoms. The fourth-order valence-electron chi connectivity index (χ4n) is 0.184. The summed E-state index contributed by atoms with van der Waals surface area (Å²) in [6.07, 6.45) is 0. The average molecular weight is 187 g/mol. The maximum atomic E-state index is 2.25.